The molecule has 0 aromatic heterocycles. The number of unbranched alkanes of at least 4 members (excludes halogenated alkanes) is 7. The molecule has 0 heterocycles. The van der Waals surface area contributed by atoms with Crippen LogP contribution in [0.3, 0.4) is 0 Å². The molecule has 0 saturated carbocycles. The zero-order valence-electron chi connectivity index (χ0n) is 13.5. The van der Waals surface area contributed by atoms with Crippen LogP contribution in [0.2, 0.25) is 0 Å². The Morgan fingerprint density at radius 3 is 2.17 bits per heavy atom. The predicted octanol–water partition coefficient (Wildman–Crippen LogP) is 5.20. The third-order valence-corrected chi connectivity index (χ3v) is 3.57. The summed E-state index contributed by atoms with van der Waals surface area (Å²) in [6.07, 6.45) is 11.3. The summed E-state index contributed by atoms with van der Waals surface area (Å²) in [5.41, 5.74) is -0.0158. The number of esters is 1. The molecule has 1 aromatic rings. The van der Waals surface area contributed by atoms with Crippen molar-refractivity contribution >= 4 is 11.7 Å². The summed E-state index contributed by atoms with van der Waals surface area (Å²) in [5, 5.41) is 10.5. The number of hydrogen-bond acceptors (Lipinski definition) is 4. The molecule has 5 nitrogen and oxygen atoms in total. The number of ether oxygens (including phenoxy) is 1. The molecule has 0 bridgehead atoms. The first-order chi connectivity index (χ1) is 11.1. The van der Waals surface area contributed by atoms with Crippen LogP contribution in [0.4, 0.5) is 5.69 Å². The molecule has 126 valence electrons. The van der Waals surface area contributed by atoms with Crippen molar-refractivity contribution in [2.75, 3.05) is 0 Å². The van der Waals surface area contributed by atoms with Crippen LogP contribution < -0.4 is 4.74 Å². The van der Waals surface area contributed by atoms with E-state index in [2.05, 4.69) is 6.58 Å². The molecular formula is C18H25NO4. The average Bonchev–Trinajstić information content (AvgIpc) is 2.54. The lowest BCUT2D eigenvalue weighted by Crippen LogP contribution is -2.07. The molecule has 0 saturated heterocycles. The Hall–Kier alpha value is -2.17. The van der Waals surface area contributed by atoms with E-state index in [9.17, 15) is 14.9 Å². The lowest BCUT2D eigenvalue weighted by molar-refractivity contribution is -0.384. The first kappa shape index (κ1) is 18.9. The van der Waals surface area contributed by atoms with Gasteiger partial charge in [-0.2, -0.15) is 0 Å². The van der Waals surface area contributed by atoms with Crippen LogP contribution in [0.1, 0.15) is 57.8 Å². The maximum Gasteiger partial charge on any atom is 0.311 e. The van der Waals surface area contributed by atoms with Crippen molar-refractivity contribution in [1.29, 1.82) is 0 Å². The Bertz CT molecular complexity index is 496. The summed E-state index contributed by atoms with van der Waals surface area (Å²) >= 11 is 0. The van der Waals surface area contributed by atoms with Gasteiger partial charge in [-0.05, 0) is 31.4 Å². The van der Waals surface area contributed by atoms with Crippen molar-refractivity contribution in [3.05, 3.63) is 47.0 Å². The molecular weight excluding hydrogens is 294 g/mol. The van der Waals surface area contributed by atoms with Crippen LogP contribution in [0.5, 0.6) is 5.75 Å². The minimum Gasteiger partial charge on any atom is -0.427 e. The van der Waals surface area contributed by atoms with Crippen molar-refractivity contribution in [2.45, 2.75) is 57.8 Å². The number of carbonyl (C=O) groups excluding carboxylic acids is 1. The first-order valence-corrected chi connectivity index (χ1v) is 8.19. The highest BCUT2D eigenvalue weighted by Gasteiger charge is 2.08. The third kappa shape index (κ3) is 8.76. The highest BCUT2D eigenvalue weighted by Crippen LogP contribution is 2.18. The van der Waals surface area contributed by atoms with E-state index in [1.165, 1.54) is 49.9 Å². The molecule has 0 spiro atoms. The van der Waals surface area contributed by atoms with E-state index in [1.807, 2.05) is 6.08 Å². The normalized spacial score (nSPS) is 10.3. The van der Waals surface area contributed by atoms with E-state index in [1.54, 1.807) is 0 Å². The van der Waals surface area contributed by atoms with Gasteiger partial charge in [0.1, 0.15) is 5.75 Å². The van der Waals surface area contributed by atoms with Gasteiger partial charge in [0, 0.05) is 18.6 Å². The van der Waals surface area contributed by atoms with E-state index in [0.717, 1.165) is 25.7 Å². The van der Waals surface area contributed by atoms with E-state index in [4.69, 9.17) is 4.74 Å². The molecule has 23 heavy (non-hydrogen) atoms. The molecule has 1 aromatic carbocycles. The van der Waals surface area contributed by atoms with E-state index in [-0.39, 0.29) is 11.7 Å². The molecule has 0 unspecified atom stereocenters. The SMILES string of the molecule is C=CCCCCCCCCCC(=O)Oc1ccc([N+](=O)[O-])cc1. The van der Waals surface area contributed by atoms with Crippen LogP contribution in [-0.4, -0.2) is 10.9 Å². The Morgan fingerprint density at radius 2 is 1.61 bits per heavy atom. The Balaban J connectivity index is 2.08. The maximum atomic E-state index is 11.7. The van der Waals surface area contributed by atoms with Gasteiger partial charge in [0.05, 0.1) is 4.92 Å². The molecule has 5 heteroatoms. The van der Waals surface area contributed by atoms with Crippen molar-refractivity contribution in [3.8, 4) is 5.75 Å². The van der Waals surface area contributed by atoms with Crippen LogP contribution in [0.15, 0.2) is 36.9 Å². The Labute approximate surface area is 137 Å². The van der Waals surface area contributed by atoms with Crippen molar-refractivity contribution in [1.82, 2.24) is 0 Å². The number of nitro benzene ring substituents is 1. The number of non-ortho nitro benzene ring substituents is 1. The molecule has 0 aliphatic carbocycles. The van der Waals surface area contributed by atoms with Gasteiger partial charge in [-0.25, -0.2) is 0 Å². The fraction of sp³-hybridized carbons (Fsp3) is 0.500. The van der Waals surface area contributed by atoms with Gasteiger partial charge in [0.2, 0.25) is 0 Å². The van der Waals surface area contributed by atoms with E-state index in [0.29, 0.717) is 12.2 Å². The number of hydrogen-bond donors (Lipinski definition) is 0. The van der Waals surface area contributed by atoms with Crippen LogP contribution >= 0.6 is 0 Å². The number of benzene rings is 1. The lowest BCUT2D eigenvalue weighted by Gasteiger charge is -2.04. The van der Waals surface area contributed by atoms with Gasteiger partial charge in [-0.1, -0.05) is 38.2 Å². The third-order valence-electron chi connectivity index (χ3n) is 3.57. The zero-order chi connectivity index (χ0) is 16.9. The summed E-state index contributed by atoms with van der Waals surface area (Å²) in [7, 11) is 0. The van der Waals surface area contributed by atoms with Gasteiger partial charge in [-0.15, -0.1) is 6.58 Å². The summed E-state index contributed by atoms with van der Waals surface area (Å²) in [4.78, 5) is 21.7. The smallest absolute Gasteiger partial charge is 0.311 e. The standard InChI is InChI=1S/C18H25NO4/c1-2-3-4-5-6-7-8-9-10-11-18(20)23-17-14-12-16(13-15-17)19(21)22/h2,12-15H,1,3-11H2. The summed E-state index contributed by atoms with van der Waals surface area (Å²) in [6.45, 7) is 3.70. The Morgan fingerprint density at radius 1 is 1.04 bits per heavy atom. The fourth-order valence-corrected chi connectivity index (χ4v) is 2.26. The molecule has 0 aliphatic heterocycles. The van der Waals surface area contributed by atoms with Gasteiger partial charge in [0.15, 0.2) is 0 Å². The highest BCUT2D eigenvalue weighted by atomic mass is 16.6. The molecule has 0 fully saturated rings. The number of nitro groups is 1. The summed E-state index contributed by atoms with van der Waals surface area (Å²) in [5.74, 6) is 0.0626. The summed E-state index contributed by atoms with van der Waals surface area (Å²) < 4.78 is 5.15. The molecule has 0 N–H and O–H groups in total. The monoisotopic (exact) mass is 319 g/mol. The molecule has 0 aliphatic rings. The topological polar surface area (TPSA) is 69.4 Å². The fourth-order valence-electron chi connectivity index (χ4n) is 2.26. The largest absolute Gasteiger partial charge is 0.427 e. The number of nitrogens with zero attached hydrogens (tertiary/aromatic N) is 1. The zero-order valence-corrected chi connectivity index (χ0v) is 13.5. The minimum atomic E-state index is -0.483. The minimum absolute atomic E-state index is 0.0158. The quantitative estimate of drug-likeness (QED) is 0.133. The van der Waals surface area contributed by atoms with Crippen LogP contribution in [0, 0.1) is 10.1 Å². The molecule has 0 amide bonds. The second-order valence-corrected chi connectivity index (χ2v) is 5.53. The van der Waals surface area contributed by atoms with Crippen molar-refractivity contribution in [2.24, 2.45) is 0 Å². The average molecular weight is 319 g/mol. The second kappa shape index (κ2) is 11.4. The second-order valence-electron chi connectivity index (χ2n) is 5.53. The first-order valence-electron chi connectivity index (χ1n) is 8.19. The van der Waals surface area contributed by atoms with Gasteiger partial charge in [0.25, 0.3) is 5.69 Å². The van der Waals surface area contributed by atoms with Crippen molar-refractivity contribution in [3.63, 3.8) is 0 Å². The number of rotatable bonds is 12. The molecule has 0 radical (unpaired) electrons. The van der Waals surface area contributed by atoms with E-state index >= 15 is 0 Å². The Kier molecular flexibility index (Phi) is 9.36. The van der Waals surface area contributed by atoms with Crippen LogP contribution in [0.25, 0.3) is 0 Å². The predicted molar refractivity (Wildman–Crippen MR) is 90.5 cm³/mol. The van der Waals surface area contributed by atoms with Gasteiger partial charge < -0.3 is 4.74 Å². The lowest BCUT2D eigenvalue weighted by atomic mass is 10.1. The van der Waals surface area contributed by atoms with Gasteiger partial charge in [-0.3, -0.25) is 14.9 Å². The summed E-state index contributed by atoms with van der Waals surface area (Å²) in [6, 6.07) is 5.54. The van der Waals surface area contributed by atoms with Crippen molar-refractivity contribution < 1.29 is 14.5 Å². The van der Waals surface area contributed by atoms with Crippen LogP contribution in [-0.2, 0) is 4.79 Å². The van der Waals surface area contributed by atoms with Gasteiger partial charge >= 0.3 is 5.97 Å². The number of allylic oxidation sites excluding steroid dienone is 1. The molecule has 1 rings (SSSR count). The highest BCUT2D eigenvalue weighted by molar-refractivity contribution is 5.72. The maximum absolute atomic E-state index is 11.7. The van der Waals surface area contributed by atoms with E-state index < -0.39 is 4.92 Å². The molecule has 0 atom stereocenters. The number of carbonyl (C=O) groups is 1.